The zero-order valence-corrected chi connectivity index (χ0v) is 4.38. The highest BCUT2D eigenvalue weighted by molar-refractivity contribution is 5.79. The summed E-state index contributed by atoms with van der Waals surface area (Å²) >= 11 is 0. The molecule has 0 spiro atoms. The molecule has 0 aliphatic heterocycles. The lowest BCUT2D eigenvalue weighted by atomic mass is 10.6. The Morgan fingerprint density at radius 2 is 2.78 bits per heavy atom. The van der Waals surface area contributed by atoms with Crippen LogP contribution in [0.5, 0.6) is 0 Å². The number of rotatable bonds is 2. The van der Waals surface area contributed by atoms with Crippen molar-refractivity contribution in [1.29, 1.82) is 5.41 Å². The molecule has 52 valence electrons. The molecule has 0 aromatic rings. The van der Waals surface area contributed by atoms with Crippen molar-refractivity contribution in [3.8, 4) is 0 Å². The van der Waals surface area contributed by atoms with Gasteiger partial charge in [0.15, 0.2) is 5.96 Å². The normalized spacial score (nSPS) is 19.8. The minimum Gasteiger partial charge on any atom is -0.480 e. The zero-order valence-electron chi connectivity index (χ0n) is 9.38. The van der Waals surface area contributed by atoms with Gasteiger partial charge < -0.3 is 15.7 Å². The molecule has 5 nitrogen and oxygen atoms in total. The lowest BCUT2D eigenvalue weighted by molar-refractivity contribution is -0.137. The number of hydrogen-bond donors (Lipinski definition) is 3. The molecular formula is C4H9N3O2. The molecule has 0 amide bonds. The number of guanidine groups is 1. The number of carbonyl (C=O) groups is 1. The first-order chi connectivity index (χ1) is 6.01. The van der Waals surface area contributed by atoms with E-state index in [0.29, 0.717) is 0 Å². The van der Waals surface area contributed by atoms with Crippen molar-refractivity contribution in [3.05, 3.63) is 0 Å². The average molecular weight is 136 g/mol. The Hall–Kier alpha value is -1.26. The minimum atomic E-state index is -3.24. The van der Waals surface area contributed by atoms with Gasteiger partial charge in [0.05, 0.1) is 2.74 Å². The van der Waals surface area contributed by atoms with E-state index in [1.165, 1.54) is 0 Å². The highest BCUT2D eigenvalue weighted by Gasteiger charge is 2.03. The first kappa shape index (κ1) is 2.55. The topological polar surface area (TPSA) is 90.4 Å². The molecule has 5 heteroatoms. The van der Waals surface area contributed by atoms with Gasteiger partial charge in [0, 0.05) is 11.1 Å². The minimum absolute atomic E-state index is 0.289. The summed E-state index contributed by atoms with van der Waals surface area (Å²) in [5.74, 6) is -3.19. The number of likely N-dealkylation sites (N-methyl/N-ethyl adjacent to an activating group) is 1. The van der Waals surface area contributed by atoms with E-state index in [1.807, 2.05) is 0 Å². The molecule has 0 aromatic carbocycles. The fourth-order valence-corrected chi connectivity index (χ4v) is 0.156. The SMILES string of the molecule is [2H]C([2H])([2H])N(C(=N)N)C([2H])([2H])C(=O)O. The van der Waals surface area contributed by atoms with Gasteiger partial charge in [-0.2, -0.15) is 0 Å². The molecule has 0 heterocycles. The van der Waals surface area contributed by atoms with Gasteiger partial charge in [-0.1, -0.05) is 0 Å². The highest BCUT2D eigenvalue weighted by Crippen LogP contribution is 1.76. The van der Waals surface area contributed by atoms with E-state index in [4.69, 9.17) is 23.1 Å². The molecule has 0 aliphatic carbocycles. The number of hydrogen-bond acceptors (Lipinski definition) is 2. The molecule has 0 rings (SSSR count). The Balaban J connectivity index is 5.24. The molecule has 0 aliphatic rings. The van der Waals surface area contributed by atoms with E-state index in [-0.39, 0.29) is 4.90 Å². The second kappa shape index (κ2) is 2.91. The molecule has 0 fully saturated rings. The van der Waals surface area contributed by atoms with Gasteiger partial charge in [0.2, 0.25) is 0 Å². The second-order valence-electron chi connectivity index (χ2n) is 1.14. The molecule has 4 N–H and O–H groups in total. The molecular weight excluding hydrogens is 122 g/mol. The van der Waals surface area contributed by atoms with Crippen LogP contribution in [0.25, 0.3) is 0 Å². The Kier molecular flexibility index (Phi) is 0.824. The number of carboxylic acid groups (broad SMARTS) is 1. The predicted octanol–water partition coefficient (Wildman–Crippen LogP) is -1.10. The van der Waals surface area contributed by atoms with Gasteiger partial charge in [0.25, 0.3) is 0 Å². The standard InChI is InChI=1S/C4H9N3O2/c1-7(4(5)6)2-3(8)9/h2H2,1H3,(H3,5,6)(H,8,9)/i1D3,2D2. The third kappa shape index (κ3) is 3.33. The maximum Gasteiger partial charge on any atom is 0.323 e. The van der Waals surface area contributed by atoms with Crippen molar-refractivity contribution in [2.24, 2.45) is 5.73 Å². The van der Waals surface area contributed by atoms with Gasteiger partial charge in [-0.3, -0.25) is 10.2 Å². The Bertz CT molecular complexity index is 262. The van der Waals surface area contributed by atoms with E-state index in [9.17, 15) is 4.79 Å². The Morgan fingerprint density at radius 3 is 2.89 bits per heavy atom. The number of carboxylic acids is 1. The molecule has 0 saturated heterocycles. The van der Waals surface area contributed by atoms with Crippen molar-refractivity contribution < 1.29 is 16.8 Å². The Labute approximate surface area is 59.6 Å². The van der Waals surface area contributed by atoms with Crippen LogP contribution in [-0.2, 0) is 4.79 Å². The van der Waals surface area contributed by atoms with Crippen LogP contribution in [0.2, 0.25) is 0 Å². The van der Waals surface area contributed by atoms with Crippen LogP contribution in [0, 0.1) is 5.41 Å². The zero-order chi connectivity index (χ0) is 11.7. The summed E-state index contributed by atoms with van der Waals surface area (Å²) in [5, 5.41) is 15.2. The maximum absolute atomic E-state index is 10.4. The van der Waals surface area contributed by atoms with Crippen LogP contribution >= 0.6 is 0 Å². The summed E-state index contributed by atoms with van der Waals surface area (Å²) < 4.78 is 34.3. The maximum atomic E-state index is 10.4. The smallest absolute Gasteiger partial charge is 0.323 e. The van der Waals surface area contributed by atoms with E-state index < -0.39 is 25.4 Å². The molecule has 0 saturated carbocycles. The van der Waals surface area contributed by atoms with Crippen molar-refractivity contribution in [1.82, 2.24) is 4.90 Å². The molecule has 0 bridgehead atoms. The van der Waals surface area contributed by atoms with Crippen LogP contribution in [0.15, 0.2) is 0 Å². The molecule has 9 heavy (non-hydrogen) atoms. The Morgan fingerprint density at radius 1 is 2.22 bits per heavy atom. The van der Waals surface area contributed by atoms with E-state index in [0.717, 1.165) is 0 Å². The highest BCUT2D eigenvalue weighted by atomic mass is 16.4. The second-order valence-corrected chi connectivity index (χ2v) is 1.14. The van der Waals surface area contributed by atoms with Gasteiger partial charge in [-0.25, -0.2) is 0 Å². The van der Waals surface area contributed by atoms with Gasteiger partial charge in [-0.05, 0) is 0 Å². The van der Waals surface area contributed by atoms with Crippen molar-refractivity contribution >= 4 is 11.9 Å². The molecule has 0 aromatic heterocycles. The summed E-state index contributed by atoms with van der Waals surface area (Å²) in [6.45, 7) is -6.36. The van der Waals surface area contributed by atoms with E-state index in [2.05, 4.69) is 0 Å². The molecule has 0 atom stereocenters. The summed E-state index contributed by atoms with van der Waals surface area (Å²) in [6.07, 6.45) is 0. The van der Waals surface area contributed by atoms with Gasteiger partial charge >= 0.3 is 5.97 Å². The first-order valence-corrected chi connectivity index (χ1v) is 1.89. The van der Waals surface area contributed by atoms with Crippen LogP contribution in [-0.4, -0.2) is 35.4 Å². The summed E-state index contributed by atoms with van der Waals surface area (Å²) in [6, 6.07) is 0. The third-order valence-corrected chi connectivity index (χ3v) is 0.448. The van der Waals surface area contributed by atoms with E-state index in [1.54, 1.807) is 0 Å². The van der Waals surface area contributed by atoms with Crippen molar-refractivity contribution in [2.45, 2.75) is 0 Å². The summed E-state index contributed by atoms with van der Waals surface area (Å²) in [5.41, 5.74) is 4.79. The quantitative estimate of drug-likeness (QED) is 0.332. The fourth-order valence-electron chi connectivity index (χ4n) is 0.156. The summed E-state index contributed by atoms with van der Waals surface area (Å²) in [4.78, 5) is 10.1. The van der Waals surface area contributed by atoms with Crippen molar-refractivity contribution in [3.63, 3.8) is 0 Å². The number of nitrogens with zero attached hydrogens (tertiary/aromatic N) is 1. The lowest BCUT2D eigenvalue weighted by Crippen LogP contribution is -2.36. The number of nitrogens with one attached hydrogen (secondary N) is 1. The number of nitrogens with two attached hydrogens (primary N) is 1. The van der Waals surface area contributed by atoms with Crippen LogP contribution < -0.4 is 5.73 Å². The average Bonchev–Trinajstić information content (AvgIpc) is 1.79. The molecule has 0 radical (unpaired) electrons. The summed E-state index contributed by atoms with van der Waals surface area (Å²) in [7, 11) is 0. The van der Waals surface area contributed by atoms with Gasteiger partial charge in [-0.15, -0.1) is 0 Å². The number of aliphatic carboxylic acids is 1. The lowest BCUT2D eigenvalue weighted by Gasteiger charge is -2.12. The van der Waals surface area contributed by atoms with E-state index >= 15 is 0 Å². The van der Waals surface area contributed by atoms with Gasteiger partial charge in [0.1, 0.15) is 6.50 Å². The van der Waals surface area contributed by atoms with Crippen LogP contribution in [0.1, 0.15) is 6.85 Å². The third-order valence-electron chi connectivity index (χ3n) is 0.448. The van der Waals surface area contributed by atoms with Crippen LogP contribution in [0.3, 0.4) is 0 Å². The largest absolute Gasteiger partial charge is 0.480 e. The first-order valence-electron chi connectivity index (χ1n) is 4.39. The monoisotopic (exact) mass is 136 g/mol. The van der Waals surface area contributed by atoms with Crippen LogP contribution in [0.4, 0.5) is 0 Å². The van der Waals surface area contributed by atoms with Crippen molar-refractivity contribution in [2.75, 3.05) is 13.5 Å². The fraction of sp³-hybridized carbons (Fsp3) is 0.500. The predicted molar refractivity (Wildman–Crippen MR) is 32.2 cm³/mol. The molecule has 0 unspecified atom stereocenters.